The van der Waals surface area contributed by atoms with E-state index in [0.29, 0.717) is 12.0 Å². The van der Waals surface area contributed by atoms with Crippen molar-refractivity contribution in [2.75, 3.05) is 46.9 Å². The Hall–Kier alpha value is -1.67. The Bertz CT molecular complexity index is 592. The Morgan fingerprint density at radius 3 is 2.85 bits per heavy atom. The van der Waals surface area contributed by atoms with Crippen LogP contribution in [0.15, 0.2) is 4.99 Å². The monoisotopic (exact) mass is 363 g/mol. The summed E-state index contributed by atoms with van der Waals surface area (Å²) in [4.78, 5) is 11.4. The van der Waals surface area contributed by atoms with Crippen LogP contribution in [0.1, 0.15) is 30.9 Å². The first kappa shape index (κ1) is 19.1. The molecular formula is C18H33N7O. The van der Waals surface area contributed by atoms with E-state index in [4.69, 9.17) is 4.74 Å². The minimum atomic E-state index is 0.352. The molecule has 3 rings (SSSR count). The van der Waals surface area contributed by atoms with E-state index in [-0.39, 0.29) is 0 Å². The third-order valence-electron chi connectivity index (χ3n) is 5.41. The molecule has 2 N–H and O–H groups in total. The number of nitrogens with one attached hydrogen (secondary N) is 2. The molecule has 0 bridgehead atoms. The molecule has 8 nitrogen and oxygen atoms in total. The average molecular weight is 364 g/mol. The van der Waals surface area contributed by atoms with Crippen LogP contribution in [0.4, 0.5) is 0 Å². The summed E-state index contributed by atoms with van der Waals surface area (Å²) in [7, 11) is 3.61. The Morgan fingerprint density at radius 1 is 1.31 bits per heavy atom. The van der Waals surface area contributed by atoms with Crippen LogP contribution in [-0.4, -0.2) is 78.6 Å². The van der Waals surface area contributed by atoms with E-state index < -0.39 is 0 Å². The molecule has 146 valence electrons. The first-order valence-electron chi connectivity index (χ1n) is 9.76. The fourth-order valence-electron chi connectivity index (χ4n) is 3.82. The molecule has 0 aromatic carbocycles. The SMILES string of the molecule is CN=C(NCC1CCN(CCOC)CC1)NC1CCc2nc(C)nn2C1. The van der Waals surface area contributed by atoms with Crippen molar-refractivity contribution in [3.63, 3.8) is 0 Å². The van der Waals surface area contributed by atoms with E-state index in [0.717, 1.165) is 56.7 Å². The predicted molar refractivity (Wildman–Crippen MR) is 102 cm³/mol. The van der Waals surface area contributed by atoms with Crippen LogP contribution in [0.5, 0.6) is 0 Å². The molecule has 0 aliphatic carbocycles. The van der Waals surface area contributed by atoms with Crippen LogP contribution in [0.2, 0.25) is 0 Å². The van der Waals surface area contributed by atoms with E-state index in [1.807, 2.05) is 18.7 Å². The number of ether oxygens (including phenoxy) is 1. The quantitative estimate of drug-likeness (QED) is 0.563. The smallest absolute Gasteiger partial charge is 0.191 e. The maximum Gasteiger partial charge on any atom is 0.191 e. The maximum atomic E-state index is 5.17. The number of nitrogens with zero attached hydrogens (tertiary/aromatic N) is 5. The van der Waals surface area contributed by atoms with Gasteiger partial charge in [0.05, 0.1) is 13.2 Å². The summed E-state index contributed by atoms with van der Waals surface area (Å²) in [6.07, 6.45) is 4.50. The molecule has 0 amide bonds. The molecular weight excluding hydrogens is 330 g/mol. The highest BCUT2D eigenvalue weighted by Crippen LogP contribution is 2.16. The number of rotatable bonds is 6. The van der Waals surface area contributed by atoms with E-state index >= 15 is 0 Å². The minimum Gasteiger partial charge on any atom is -0.383 e. The zero-order valence-electron chi connectivity index (χ0n) is 16.4. The van der Waals surface area contributed by atoms with Crippen LogP contribution in [0.3, 0.4) is 0 Å². The van der Waals surface area contributed by atoms with Gasteiger partial charge >= 0.3 is 0 Å². The van der Waals surface area contributed by atoms with Gasteiger partial charge in [-0.3, -0.25) is 4.99 Å². The molecule has 0 spiro atoms. The van der Waals surface area contributed by atoms with Gasteiger partial charge in [-0.05, 0) is 45.2 Å². The largest absolute Gasteiger partial charge is 0.383 e. The third kappa shape index (κ3) is 5.17. The minimum absolute atomic E-state index is 0.352. The van der Waals surface area contributed by atoms with Crippen molar-refractivity contribution in [1.82, 2.24) is 30.3 Å². The van der Waals surface area contributed by atoms with Gasteiger partial charge in [0.15, 0.2) is 5.96 Å². The molecule has 1 aromatic rings. The molecule has 0 radical (unpaired) electrons. The maximum absolute atomic E-state index is 5.17. The second-order valence-electron chi connectivity index (χ2n) is 7.37. The van der Waals surface area contributed by atoms with Crippen molar-refractivity contribution >= 4 is 5.96 Å². The Morgan fingerprint density at radius 2 is 2.12 bits per heavy atom. The number of aryl methyl sites for hydroxylation is 2. The summed E-state index contributed by atoms with van der Waals surface area (Å²) in [6.45, 7) is 8.00. The number of hydrogen-bond acceptors (Lipinski definition) is 5. The van der Waals surface area contributed by atoms with Crippen molar-refractivity contribution in [2.24, 2.45) is 10.9 Å². The van der Waals surface area contributed by atoms with Crippen LogP contribution in [0.25, 0.3) is 0 Å². The summed E-state index contributed by atoms with van der Waals surface area (Å²) in [6, 6.07) is 0.352. The molecule has 1 atom stereocenters. The highest BCUT2D eigenvalue weighted by atomic mass is 16.5. The van der Waals surface area contributed by atoms with Crippen molar-refractivity contribution < 1.29 is 4.74 Å². The number of aromatic nitrogens is 3. The number of fused-ring (bicyclic) bond motifs is 1. The second kappa shape index (κ2) is 9.32. The highest BCUT2D eigenvalue weighted by molar-refractivity contribution is 5.79. The molecule has 3 heterocycles. The van der Waals surface area contributed by atoms with Crippen molar-refractivity contribution in [2.45, 2.75) is 45.2 Å². The van der Waals surface area contributed by atoms with Crippen LogP contribution >= 0.6 is 0 Å². The standard InChI is InChI=1S/C18H33N7O/c1-14-21-17-5-4-16(13-25(17)23-14)22-18(19-2)20-12-15-6-8-24(9-7-15)10-11-26-3/h15-16H,4-13H2,1-3H3,(H2,19,20,22). The lowest BCUT2D eigenvalue weighted by atomic mass is 9.97. The number of piperidine rings is 1. The van der Waals surface area contributed by atoms with Gasteiger partial charge in [-0.15, -0.1) is 0 Å². The fourth-order valence-corrected chi connectivity index (χ4v) is 3.82. The number of methoxy groups -OCH3 is 1. The highest BCUT2D eigenvalue weighted by Gasteiger charge is 2.23. The molecule has 1 aromatic heterocycles. The lowest BCUT2D eigenvalue weighted by Gasteiger charge is -2.32. The zero-order valence-corrected chi connectivity index (χ0v) is 16.4. The molecule has 26 heavy (non-hydrogen) atoms. The van der Waals surface area contributed by atoms with E-state index in [9.17, 15) is 0 Å². The zero-order chi connectivity index (χ0) is 18.4. The van der Waals surface area contributed by atoms with Gasteiger partial charge in [0.25, 0.3) is 0 Å². The lowest BCUT2D eigenvalue weighted by Crippen LogP contribution is -2.48. The molecule has 1 unspecified atom stereocenters. The molecule has 0 saturated carbocycles. The number of hydrogen-bond donors (Lipinski definition) is 2. The normalized spacial score (nSPS) is 22.3. The molecule has 1 saturated heterocycles. The summed E-state index contributed by atoms with van der Waals surface area (Å²) < 4.78 is 7.20. The molecule has 2 aliphatic heterocycles. The van der Waals surface area contributed by atoms with Gasteiger partial charge in [0, 0.05) is 39.7 Å². The first-order valence-corrected chi connectivity index (χ1v) is 9.76. The topological polar surface area (TPSA) is 79.6 Å². The van der Waals surface area contributed by atoms with E-state index in [1.165, 1.54) is 25.9 Å². The first-order chi connectivity index (χ1) is 12.7. The Labute approximate surface area is 156 Å². The third-order valence-corrected chi connectivity index (χ3v) is 5.41. The van der Waals surface area contributed by atoms with Gasteiger partial charge in [-0.25, -0.2) is 9.67 Å². The van der Waals surface area contributed by atoms with E-state index in [1.54, 1.807) is 7.11 Å². The van der Waals surface area contributed by atoms with Crippen molar-refractivity contribution in [3.8, 4) is 0 Å². The van der Waals surface area contributed by atoms with Crippen molar-refractivity contribution in [3.05, 3.63) is 11.6 Å². The van der Waals surface area contributed by atoms with Crippen LogP contribution in [0, 0.1) is 12.8 Å². The summed E-state index contributed by atoms with van der Waals surface area (Å²) >= 11 is 0. The fraction of sp³-hybridized carbons (Fsp3) is 0.833. The van der Waals surface area contributed by atoms with Gasteiger partial charge in [0.2, 0.25) is 0 Å². The van der Waals surface area contributed by atoms with E-state index in [2.05, 4.69) is 30.6 Å². The summed E-state index contributed by atoms with van der Waals surface area (Å²) in [5, 5.41) is 11.6. The molecule has 1 fully saturated rings. The second-order valence-corrected chi connectivity index (χ2v) is 7.37. The lowest BCUT2D eigenvalue weighted by molar-refractivity contribution is 0.121. The van der Waals surface area contributed by atoms with Gasteiger partial charge in [0.1, 0.15) is 11.6 Å². The van der Waals surface area contributed by atoms with Gasteiger partial charge < -0.3 is 20.3 Å². The summed E-state index contributed by atoms with van der Waals surface area (Å²) in [5.41, 5.74) is 0. The Balaban J connectivity index is 1.39. The molecule has 2 aliphatic rings. The summed E-state index contributed by atoms with van der Waals surface area (Å²) in [5.74, 6) is 3.57. The number of guanidine groups is 1. The Kier molecular flexibility index (Phi) is 6.85. The van der Waals surface area contributed by atoms with Crippen LogP contribution in [-0.2, 0) is 17.7 Å². The molecule has 8 heteroatoms. The van der Waals surface area contributed by atoms with Gasteiger partial charge in [-0.2, -0.15) is 5.10 Å². The number of aliphatic imine (C=N–C) groups is 1. The van der Waals surface area contributed by atoms with Crippen LogP contribution < -0.4 is 10.6 Å². The van der Waals surface area contributed by atoms with Crippen molar-refractivity contribution in [1.29, 1.82) is 0 Å². The number of likely N-dealkylation sites (tertiary alicyclic amines) is 1. The predicted octanol–water partition coefficient (Wildman–Crippen LogP) is 0.425. The average Bonchev–Trinajstić information content (AvgIpc) is 3.03. The van der Waals surface area contributed by atoms with Gasteiger partial charge in [-0.1, -0.05) is 0 Å².